The lowest BCUT2D eigenvalue weighted by Gasteiger charge is -2.23. The molecule has 0 saturated carbocycles. The van der Waals surface area contributed by atoms with Gasteiger partial charge in [0.15, 0.2) is 12.9 Å². The van der Waals surface area contributed by atoms with E-state index in [1.165, 1.54) is 0 Å². The van der Waals surface area contributed by atoms with Crippen LogP contribution in [0.2, 0.25) is 0 Å². The van der Waals surface area contributed by atoms with E-state index >= 15 is 4.57 Å². The van der Waals surface area contributed by atoms with Crippen molar-refractivity contribution in [2.24, 2.45) is 0 Å². The van der Waals surface area contributed by atoms with Crippen LogP contribution < -0.4 is 15.9 Å². The van der Waals surface area contributed by atoms with E-state index in [4.69, 9.17) is 4.98 Å². The van der Waals surface area contributed by atoms with Crippen molar-refractivity contribution >= 4 is 39.6 Å². The van der Waals surface area contributed by atoms with Crippen molar-refractivity contribution in [1.82, 2.24) is 4.98 Å². The van der Waals surface area contributed by atoms with Crippen LogP contribution in [0.1, 0.15) is 15.9 Å². The van der Waals surface area contributed by atoms with Crippen molar-refractivity contribution in [3.05, 3.63) is 145 Å². The summed E-state index contributed by atoms with van der Waals surface area (Å²) in [4.78, 5) is 18.0. The molecule has 0 bridgehead atoms. The summed E-state index contributed by atoms with van der Waals surface area (Å²) in [6, 6.07) is 40.9. The summed E-state index contributed by atoms with van der Waals surface area (Å²) in [5.41, 5.74) is 4.59. The zero-order chi connectivity index (χ0) is 25.7. The molecule has 1 atom stereocenters. The fourth-order valence-corrected chi connectivity index (χ4v) is 8.40. The maximum atomic E-state index is 15.6. The molecule has 7 rings (SSSR count). The summed E-state index contributed by atoms with van der Waals surface area (Å²) in [6.45, 7) is 0. The summed E-state index contributed by atoms with van der Waals surface area (Å²) in [5.74, 6) is -0.0221. The molecule has 0 amide bonds. The highest BCUT2D eigenvalue weighted by atomic mass is 31.2. The number of hydrogen-bond acceptors (Lipinski definition) is 3. The van der Waals surface area contributed by atoms with Crippen LogP contribution in [-0.2, 0) is 4.57 Å². The molecule has 0 N–H and O–H groups in total. The van der Waals surface area contributed by atoms with Gasteiger partial charge in [-0.3, -0.25) is 9.78 Å². The standard InChI is InChI=1S/C34H22NO2P/c36-34-29-17-7-6-16-28(29)33-30(34)18-9-19-32(33)38(37,26-13-2-1-3-14-26)27-15-8-12-24(20-27)31-21-23-10-4-5-11-25(23)22-35-31/h1-22H. The number of carbonyl (C=O) groups is 1. The molecule has 4 heteroatoms. The zero-order valence-corrected chi connectivity index (χ0v) is 21.3. The highest BCUT2D eigenvalue weighted by Crippen LogP contribution is 2.48. The van der Waals surface area contributed by atoms with Gasteiger partial charge in [0.1, 0.15) is 0 Å². The summed E-state index contributed by atoms with van der Waals surface area (Å²) in [5, 5.41) is 4.30. The lowest BCUT2D eigenvalue weighted by atomic mass is 10.1. The molecule has 1 aromatic heterocycles. The number of rotatable bonds is 4. The molecule has 0 spiro atoms. The molecule has 1 heterocycles. The lowest BCUT2D eigenvalue weighted by molar-refractivity contribution is 0.104. The van der Waals surface area contributed by atoms with Crippen molar-refractivity contribution in [2.45, 2.75) is 0 Å². The van der Waals surface area contributed by atoms with E-state index in [1.54, 1.807) is 0 Å². The fraction of sp³-hybridized carbons (Fsp3) is 0. The highest BCUT2D eigenvalue weighted by Gasteiger charge is 2.37. The smallest absolute Gasteiger partial charge is 0.194 e. The van der Waals surface area contributed by atoms with Crippen LogP contribution >= 0.6 is 7.14 Å². The summed E-state index contributed by atoms with van der Waals surface area (Å²) in [6.07, 6.45) is 1.88. The van der Waals surface area contributed by atoms with E-state index in [0.717, 1.165) is 38.5 Å². The third-order valence-corrected chi connectivity index (χ3v) is 10.4. The van der Waals surface area contributed by atoms with Gasteiger partial charge in [0.05, 0.1) is 5.69 Å². The molecule has 180 valence electrons. The van der Waals surface area contributed by atoms with Crippen molar-refractivity contribution in [3.63, 3.8) is 0 Å². The number of pyridine rings is 1. The summed E-state index contributed by atoms with van der Waals surface area (Å²) >= 11 is 0. The van der Waals surface area contributed by atoms with Crippen LogP contribution in [0, 0.1) is 0 Å². The summed E-state index contributed by atoms with van der Waals surface area (Å²) < 4.78 is 15.6. The molecule has 0 aliphatic heterocycles. The second-order valence-electron chi connectivity index (χ2n) is 9.49. The highest BCUT2D eigenvalue weighted by molar-refractivity contribution is 7.85. The van der Waals surface area contributed by atoms with E-state index in [2.05, 4.69) is 12.1 Å². The molecular formula is C34H22NO2P. The Kier molecular flexibility index (Phi) is 5.21. The Morgan fingerprint density at radius 3 is 2.05 bits per heavy atom. The first-order chi connectivity index (χ1) is 18.6. The van der Waals surface area contributed by atoms with Crippen molar-refractivity contribution in [2.75, 3.05) is 0 Å². The normalized spacial score (nSPS) is 13.6. The third kappa shape index (κ3) is 3.40. The predicted octanol–water partition coefficient (Wildman–Crippen LogP) is 6.75. The van der Waals surface area contributed by atoms with Gasteiger partial charge in [-0.2, -0.15) is 0 Å². The van der Waals surface area contributed by atoms with Crippen molar-refractivity contribution < 1.29 is 9.36 Å². The van der Waals surface area contributed by atoms with E-state index in [0.29, 0.717) is 21.7 Å². The summed E-state index contributed by atoms with van der Waals surface area (Å²) in [7, 11) is -3.38. The SMILES string of the molecule is O=C1c2ccccc2-c2c1cccc2P(=O)(c1ccccc1)c1cccc(-c2cc3ccccc3cn2)c1. The quantitative estimate of drug-likeness (QED) is 0.248. The maximum Gasteiger partial charge on any atom is 0.194 e. The number of ketones is 1. The minimum Gasteiger partial charge on any atom is -0.309 e. The Hall–Kier alpha value is -4.59. The first-order valence-electron chi connectivity index (χ1n) is 12.5. The number of fused-ring (bicyclic) bond motifs is 4. The van der Waals surface area contributed by atoms with Gasteiger partial charge in [-0.15, -0.1) is 0 Å². The minimum absolute atomic E-state index is 0.0221. The van der Waals surface area contributed by atoms with Crippen LogP contribution in [-0.4, -0.2) is 10.8 Å². The molecule has 1 aliphatic rings. The molecule has 0 saturated heterocycles. The average molecular weight is 508 g/mol. The third-order valence-electron chi connectivity index (χ3n) is 7.32. The Morgan fingerprint density at radius 2 is 1.21 bits per heavy atom. The molecule has 5 aromatic carbocycles. The Morgan fingerprint density at radius 1 is 0.553 bits per heavy atom. The zero-order valence-electron chi connectivity index (χ0n) is 20.4. The molecule has 38 heavy (non-hydrogen) atoms. The molecule has 1 aliphatic carbocycles. The number of nitrogens with zero attached hydrogens (tertiary/aromatic N) is 1. The van der Waals surface area contributed by atoms with Gasteiger partial charge < -0.3 is 4.57 Å². The lowest BCUT2D eigenvalue weighted by Crippen LogP contribution is -2.26. The van der Waals surface area contributed by atoms with Gasteiger partial charge in [0, 0.05) is 49.8 Å². The number of benzene rings is 5. The monoisotopic (exact) mass is 507 g/mol. The fourth-order valence-electron chi connectivity index (χ4n) is 5.49. The Labute approximate surface area is 220 Å². The molecule has 6 aromatic rings. The van der Waals surface area contributed by atoms with Crippen LogP contribution in [0.25, 0.3) is 33.2 Å². The van der Waals surface area contributed by atoms with Crippen LogP contribution in [0.5, 0.6) is 0 Å². The van der Waals surface area contributed by atoms with E-state index < -0.39 is 7.14 Å². The van der Waals surface area contributed by atoms with Crippen LogP contribution in [0.3, 0.4) is 0 Å². The molecular weight excluding hydrogens is 485 g/mol. The number of aromatic nitrogens is 1. The predicted molar refractivity (Wildman–Crippen MR) is 155 cm³/mol. The second-order valence-corrected chi connectivity index (χ2v) is 12.2. The van der Waals surface area contributed by atoms with Crippen molar-refractivity contribution in [1.29, 1.82) is 0 Å². The Bertz CT molecular complexity index is 1930. The van der Waals surface area contributed by atoms with Gasteiger partial charge in [-0.1, -0.05) is 115 Å². The topological polar surface area (TPSA) is 47.0 Å². The second kappa shape index (κ2) is 8.76. The van der Waals surface area contributed by atoms with Gasteiger partial charge in [-0.25, -0.2) is 0 Å². The Balaban J connectivity index is 1.48. The molecule has 3 nitrogen and oxygen atoms in total. The van der Waals surface area contributed by atoms with Gasteiger partial charge in [0.2, 0.25) is 0 Å². The van der Waals surface area contributed by atoms with Gasteiger partial charge in [-0.05, 0) is 23.1 Å². The first kappa shape index (κ1) is 22.6. The number of hydrogen-bond donors (Lipinski definition) is 0. The van der Waals surface area contributed by atoms with E-state index in [-0.39, 0.29) is 5.78 Å². The van der Waals surface area contributed by atoms with E-state index in [1.807, 2.05) is 121 Å². The molecule has 1 unspecified atom stereocenters. The minimum atomic E-state index is -3.38. The van der Waals surface area contributed by atoms with E-state index in [9.17, 15) is 4.79 Å². The van der Waals surface area contributed by atoms with Gasteiger partial charge >= 0.3 is 0 Å². The molecule has 0 fully saturated rings. The molecule has 0 radical (unpaired) electrons. The largest absolute Gasteiger partial charge is 0.309 e. The van der Waals surface area contributed by atoms with Gasteiger partial charge in [0.25, 0.3) is 0 Å². The maximum absolute atomic E-state index is 15.6. The average Bonchev–Trinajstić information content (AvgIpc) is 3.29. The first-order valence-corrected chi connectivity index (χ1v) is 14.2. The number of carbonyl (C=O) groups excluding carboxylic acids is 1. The van der Waals surface area contributed by atoms with Crippen molar-refractivity contribution in [3.8, 4) is 22.4 Å². The van der Waals surface area contributed by atoms with Crippen LogP contribution in [0.15, 0.2) is 134 Å². The van der Waals surface area contributed by atoms with Crippen LogP contribution in [0.4, 0.5) is 0 Å².